The van der Waals surface area contributed by atoms with Gasteiger partial charge in [-0.1, -0.05) is 30.3 Å². The summed E-state index contributed by atoms with van der Waals surface area (Å²) in [7, 11) is 0. The number of imidazole rings is 1. The molecule has 0 aliphatic rings. The number of carbonyl (C=O) groups excluding carboxylic acids is 2. The minimum absolute atomic E-state index is 0.0890. The number of aliphatic carboxylic acids is 1. The third-order valence-electron chi connectivity index (χ3n) is 3.67. The molecule has 0 saturated carbocycles. The van der Waals surface area contributed by atoms with Crippen molar-refractivity contribution in [1.82, 2.24) is 20.6 Å². The van der Waals surface area contributed by atoms with Crippen LogP contribution >= 0.6 is 0 Å². The molecule has 2 rings (SSSR count). The van der Waals surface area contributed by atoms with Crippen molar-refractivity contribution in [3.63, 3.8) is 0 Å². The van der Waals surface area contributed by atoms with Gasteiger partial charge in [0.15, 0.2) is 0 Å². The second-order valence-electron chi connectivity index (χ2n) is 5.83. The third-order valence-corrected chi connectivity index (χ3v) is 3.67. The molecule has 27 heavy (non-hydrogen) atoms. The van der Waals surface area contributed by atoms with Crippen LogP contribution in [-0.2, 0) is 27.4 Å². The van der Waals surface area contributed by atoms with Gasteiger partial charge in [0.25, 0.3) is 0 Å². The van der Waals surface area contributed by atoms with Gasteiger partial charge in [0.05, 0.1) is 6.33 Å². The zero-order valence-corrected chi connectivity index (χ0v) is 14.7. The summed E-state index contributed by atoms with van der Waals surface area (Å²) < 4.78 is 5.05. The highest BCUT2D eigenvalue weighted by molar-refractivity contribution is 5.83. The number of alkyl carbamates (subject to hydrolysis) is 1. The van der Waals surface area contributed by atoms with Crippen molar-refractivity contribution in [2.24, 2.45) is 0 Å². The Balaban J connectivity index is 1.61. The fourth-order valence-electron chi connectivity index (χ4n) is 2.30. The van der Waals surface area contributed by atoms with Gasteiger partial charge in [0.1, 0.15) is 12.6 Å². The molecule has 1 aromatic carbocycles. The number of carbonyl (C=O) groups is 3. The maximum atomic E-state index is 11.9. The van der Waals surface area contributed by atoms with Crippen LogP contribution in [0.15, 0.2) is 42.9 Å². The van der Waals surface area contributed by atoms with E-state index in [9.17, 15) is 19.5 Å². The van der Waals surface area contributed by atoms with Crippen LogP contribution in [0, 0.1) is 0 Å². The molecule has 144 valence electrons. The number of benzene rings is 1. The fourth-order valence-corrected chi connectivity index (χ4v) is 2.30. The van der Waals surface area contributed by atoms with Crippen molar-refractivity contribution in [2.45, 2.75) is 31.9 Å². The normalized spacial score (nSPS) is 11.4. The molecule has 0 bridgehead atoms. The Labute approximate surface area is 156 Å². The first-order chi connectivity index (χ1) is 13.0. The number of hydrogen-bond donors (Lipinski definition) is 4. The van der Waals surface area contributed by atoms with Crippen LogP contribution in [0.2, 0.25) is 0 Å². The van der Waals surface area contributed by atoms with Crippen LogP contribution in [0.5, 0.6) is 0 Å². The standard InChI is InChI=1S/C18H22N4O5/c23-16(22-15(17(24)25)9-14-10-19-12-21-14)7-4-8-20-18(26)27-11-13-5-2-1-3-6-13/h1-3,5-6,10,12,15H,4,7-9,11H2,(H,19,21)(H,20,26)(H,22,23)(H,24,25)/t15-/m0/s1. The molecule has 4 N–H and O–H groups in total. The van der Waals surface area contributed by atoms with Crippen molar-refractivity contribution in [1.29, 1.82) is 0 Å². The number of hydrogen-bond acceptors (Lipinski definition) is 5. The first-order valence-electron chi connectivity index (χ1n) is 8.48. The summed E-state index contributed by atoms with van der Waals surface area (Å²) in [6, 6.07) is 8.23. The molecule has 0 aliphatic heterocycles. The summed E-state index contributed by atoms with van der Waals surface area (Å²) in [5.74, 6) is -1.53. The van der Waals surface area contributed by atoms with Crippen LogP contribution in [-0.4, -0.2) is 45.6 Å². The van der Waals surface area contributed by atoms with E-state index in [0.717, 1.165) is 5.56 Å². The van der Waals surface area contributed by atoms with Gasteiger partial charge in [0, 0.05) is 31.3 Å². The van der Waals surface area contributed by atoms with Gasteiger partial charge in [-0.2, -0.15) is 0 Å². The van der Waals surface area contributed by atoms with E-state index in [4.69, 9.17) is 4.74 Å². The van der Waals surface area contributed by atoms with Crippen molar-refractivity contribution in [2.75, 3.05) is 6.54 Å². The molecule has 0 aliphatic carbocycles. The maximum absolute atomic E-state index is 11.9. The fraction of sp³-hybridized carbons (Fsp3) is 0.333. The van der Waals surface area contributed by atoms with Crippen LogP contribution < -0.4 is 10.6 Å². The number of aromatic nitrogens is 2. The molecule has 1 aromatic heterocycles. The maximum Gasteiger partial charge on any atom is 0.407 e. The Hall–Kier alpha value is -3.36. The zero-order chi connectivity index (χ0) is 19.5. The number of H-pyrrole nitrogens is 1. The number of carboxylic acids is 1. The number of carboxylic acid groups (broad SMARTS) is 1. The molecule has 0 unspecified atom stereocenters. The number of nitrogens with one attached hydrogen (secondary N) is 3. The first-order valence-corrected chi connectivity index (χ1v) is 8.48. The molecule has 0 radical (unpaired) electrons. The Morgan fingerprint density at radius 1 is 1.22 bits per heavy atom. The van der Waals surface area contributed by atoms with E-state index >= 15 is 0 Å². The number of amides is 2. The highest BCUT2D eigenvalue weighted by atomic mass is 16.5. The summed E-state index contributed by atoms with van der Waals surface area (Å²) in [6.45, 7) is 0.417. The van der Waals surface area contributed by atoms with Gasteiger partial charge in [0.2, 0.25) is 5.91 Å². The summed E-state index contributed by atoms with van der Waals surface area (Å²) in [5, 5.41) is 14.2. The number of rotatable bonds is 10. The van der Waals surface area contributed by atoms with Gasteiger partial charge in [-0.05, 0) is 12.0 Å². The van der Waals surface area contributed by atoms with E-state index in [2.05, 4.69) is 20.6 Å². The molecule has 1 atom stereocenters. The van der Waals surface area contributed by atoms with Gasteiger partial charge in [-0.15, -0.1) is 0 Å². The van der Waals surface area contributed by atoms with E-state index < -0.39 is 24.0 Å². The molecule has 1 heterocycles. The van der Waals surface area contributed by atoms with Crippen LogP contribution in [0.4, 0.5) is 4.79 Å². The lowest BCUT2D eigenvalue weighted by Crippen LogP contribution is -2.42. The van der Waals surface area contributed by atoms with Crippen LogP contribution in [0.25, 0.3) is 0 Å². The summed E-state index contributed by atoms with van der Waals surface area (Å²) >= 11 is 0. The van der Waals surface area contributed by atoms with E-state index in [1.807, 2.05) is 30.3 Å². The Bertz CT molecular complexity index is 733. The minimum Gasteiger partial charge on any atom is -0.480 e. The molecular weight excluding hydrogens is 352 g/mol. The number of aromatic amines is 1. The smallest absolute Gasteiger partial charge is 0.407 e. The van der Waals surface area contributed by atoms with Gasteiger partial charge >= 0.3 is 12.1 Å². The zero-order valence-electron chi connectivity index (χ0n) is 14.7. The van der Waals surface area contributed by atoms with E-state index in [1.165, 1.54) is 12.5 Å². The molecule has 9 heteroatoms. The largest absolute Gasteiger partial charge is 0.480 e. The van der Waals surface area contributed by atoms with E-state index in [-0.39, 0.29) is 26.0 Å². The predicted molar refractivity (Wildman–Crippen MR) is 95.7 cm³/mol. The third kappa shape index (κ3) is 7.59. The summed E-state index contributed by atoms with van der Waals surface area (Å²) in [6.07, 6.45) is 2.95. The Morgan fingerprint density at radius 3 is 2.67 bits per heavy atom. The number of nitrogens with zero attached hydrogens (tertiary/aromatic N) is 1. The van der Waals surface area contributed by atoms with Crippen LogP contribution in [0.3, 0.4) is 0 Å². The average Bonchev–Trinajstić information content (AvgIpc) is 3.17. The molecule has 0 saturated heterocycles. The molecule has 0 spiro atoms. The second-order valence-corrected chi connectivity index (χ2v) is 5.83. The Morgan fingerprint density at radius 2 is 2.00 bits per heavy atom. The molecule has 0 fully saturated rings. The van der Waals surface area contributed by atoms with Crippen molar-refractivity contribution in [3.05, 3.63) is 54.1 Å². The number of ether oxygens (including phenoxy) is 1. The lowest BCUT2D eigenvalue weighted by atomic mass is 10.1. The molecular formula is C18H22N4O5. The van der Waals surface area contributed by atoms with Gasteiger partial charge in [-0.3, -0.25) is 4.79 Å². The lowest BCUT2D eigenvalue weighted by Gasteiger charge is -2.13. The highest BCUT2D eigenvalue weighted by Crippen LogP contribution is 2.01. The van der Waals surface area contributed by atoms with Crippen molar-refractivity contribution in [3.8, 4) is 0 Å². The average molecular weight is 374 g/mol. The SMILES string of the molecule is O=C(CCCNC(=O)OCc1ccccc1)N[C@@H](Cc1cnc[nH]1)C(=O)O. The van der Waals surface area contributed by atoms with Crippen molar-refractivity contribution < 1.29 is 24.2 Å². The molecule has 2 aromatic rings. The second kappa shape index (κ2) is 10.6. The highest BCUT2D eigenvalue weighted by Gasteiger charge is 2.20. The molecule has 9 nitrogen and oxygen atoms in total. The van der Waals surface area contributed by atoms with E-state index in [1.54, 1.807) is 0 Å². The predicted octanol–water partition coefficient (Wildman–Crippen LogP) is 1.23. The van der Waals surface area contributed by atoms with Crippen molar-refractivity contribution >= 4 is 18.0 Å². The molecule has 2 amide bonds. The monoisotopic (exact) mass is 374 g/mol. The quantitative estimate of drug-likeness (QED) is 0.462. The Kier molecular flexibility index (Phi) is 7.83. The first kappa shape index (κ1) is 20.0. The summed E-state index contributed by atoms with van der Waals surface area (Å²) in [5.41, 5.74) is 1.49. The van der Waals surface area contributed by atoms with E-state index in [0.29, 0.717) is 12.1 Å². The van der Waals surface area contributed by atoms with Gasteiger partial charge in [-0.25, -0.2) is 14.6 Å². The summed E-state index contributed by atoms with van der Waals surface area (Å²) in [4.78, 5) is 41.3. The van der Waals surface area contributed by atoms with Gasteiger partial charge < -0.3 is 25.5 Å². The minimum atomic E-state index is -1.12. The van der Waals surface area contributed by atoms with Crippen LogP contribution in [0.1, 0.15) is 24.1 Å². The lowest BCUT2D eigenvalue weighted by molar-refractivity contribution is -0.141. The topological polar surface area (TPSA) is 133 Å².